The summed E-state index contributed by atoms with van der Waals surface area (Å²) in [5.41, 5.74) is 1.65. The molecule has 0 radical (unpaired) electrons. The van der Waals surface area contributed by atoms with Crippen LogP contribution in [0.5, 0.6) is 0 Å². The molecule has 2 heterocycles. The Morgan fingerprint density at radius 2 is 1.96 bits per heavy atom. The first-order chi connectivity index (χ1) is 12.1. The molecule has 0 saturated carbocycles. The molecule has 2 aliphatic rings. The number of benzene rings is 2. The van der Waals surface area contributed by atoms with Crippen molar-refractivity contribution in [3.8, 4) is 0 Å². The van der Waals surface area contributed by atoms with Gasteiger partial charge in [0, 0.05) is 17.7 Å². The largest absolute Gasteiger partial charge is 0.390 e. The van der Waals surface area contributed by atoms with Crippen molar-refractivity contribution >= 4 is 23.0 Å². The lowest BCUT2D eigenvalue weighted by Crippen LogP contribution is -2.52. The SMILES string of the molecule is CCOC12ON=C(c3ccc([N+](=O)[O-])cc3)N1c1ccccc1C2=O. The van der Waals surface area contributed by atoms with Crippen molar-refractivity contribution in [2.45, 2.75) is 12.8 Å². The molecule has 1 unspecified atom stereocenters. The fourth-order valence-electron chi connectivity index (χ4n) is 3.04. The van der Waals surface area contributed by atoms with Gasteiger partial charge in [0.15, 0.2) is 5.84 Å². The topological polar surface area (TPSA) is 94.3 Å². The molecule has 2 aromatic rings. The molecular weight excluding hydrogens is 326 g/mol. The van der Waals surface area contributed by atoms with Crippen molar-refractivity contribution < 1.29 is 19.3 Å². The molecule has 1 atom stereocenters. The van der Waals surface area contributed by atoms with Crippen LogP contribution >= 0.6 is 0 Å². The van der Waals surface area contributed by atoms with Gasteiger partial charge in [-0.3, -0.25) is 19.8 Å². The van der Waals surface area contributed by atoms with Gasteiger partial charge in [-0.05, 0) is 31.2 Å². The second-order valence-corrected chi connectivity index (χ2v) is 5.51. The van der Waals surface area contributed by atoms with Crippen molar-refractivity contribution in [3.05, 3.63) is 69.8 Å². The predicted molar refractivity (Wildman–Crippen MR) is 88.3 cm³/mol. The van der Waals surface area contributed by atoms with Gasteiger partial charge < -0.3 is 9.57 Å². The Morgan fingerprint density at radius 1 is 1.24 bits per heavy atom. The van der Waals surface area contributed by atoms with Crippen LogP contribution in [0.4, 0.5) is 11.4 Å². The molecule has 8 nitrogen and oxygen atoms in total. The van der Waals surface area contributed by atoms with Gasteiger partial charge in [0.25, 0.3) is 11.5 Å². The third-order valence-corrected chi connectivity index (χ3v) is 4.11. The number of hydrogen-bond acceptors (Lipinski definition) is 7. The Kier molecular flexibility index (Phi) is 3.29. The molecule has 8 heteroatoms. The van der Waals surface area contributed by atoms with Crippen LogP contribution in [0.2, 0.25) is 0 Å². The van der Waals surface area contributed by atoms with Crippen molar-refractivity contribution in [2.75, 3.05) is 11.5 Å². The Balaban J connectivity index is 1.81. The summed E-state index contributed by atoms with van der Waals surface area (Å²) in [5, 5.41) is 14.9. The van der Waals surface area contributed by atoms with Crippen LogP contribution in [0.25, 0.3) is 0 Å². The molecule has 0 aliphatic carbocycles. The third-order valence-electron chi connectivity index (χ3n) is 4.11. The number of oxime groups is 1. The number of hydrogen-bond donors (Lipinski definition) is 0. The van der Waals surface area contributed by atoms with E-state index in [0.717, 1.165) is 0 Å². The first kappa shape index (κ1) is 15.3. The molecule has 126 valence electrons. The number of para-hydroxylation sites is 1. The van der Waals surface area contributed by atoms with Crippen LogP contribution in [0, 0.1) is 10.1 Å². The highest BCUT2D eigenvalue weighted by molar-refractivity contribution is 6.24. The zero-order valence-corrected chi connectivity index (χ0v) is 13.2. The zero-order valence-electron chi connectivity index (χ0n) is 13.2. The Morgan fingerprint density at radius 3 is 2.64 bits per heavy atom. The summed E-state index contributed by atoms with van der Waals surface area (Å²) < 4.78 is 5.65. The smallest absolute Gasteiger partial charge is 0.327 e. The molecule has 0 amide bonds. The average Bonchev–Trinajstić information content (AvgIpc) is 3.11. The van der Waals surface area contributed by atoms with Gasteiger partial charge in [0.1, 0.15) is 0 Å². The Hall–Kier alpha value is -3.26. The summed E-state index contributed by atoms with van der Waals surface area (Å²) in [6, 6.07) is 12.9. The first-order valence-corrected chi connectivity index (χ1v) is 7.67. The van der Waals surface area contributed by atoms with E-state index in [0.29, 0.717) is 22.6 Å². The fraction of sp³-hybridized carbons (Fsp3) is 0.176. The molecule has 0 saturated heterocycles. The fourth-order valence-corrected chi connectivity index (χ4v) is 3.04. The van der Waals surface area contributed by atoms with E-state index < -0.39 is 10.8 Å². The minimum atomic E-state index is -1.66. The molecule has 0 bridgehead atoms. The minimum absolute atomic E-state index is 0.0303. The number of fused-ring (bicyclic) bond motifs is 3. The average molecular weight is 339 g/mol. The number of nitrogens with zero attached hydrogens (tertiary/aromatic N) is 3. The van der Waals surface area contributed by atoms with E-state index >= 15 is 0 Å². The maximum absolute atomic E-state index is 12.9. The van der Waals surface area contributed by atoms with E-state index in [1.165, 1.54) is 12.1 Å². The summed E-state index contributed by atoms with van der Waals surface area (Å²) in [6.45, 7) is 2.01. The number of carbonyl (C=O) groups excluding carboxylic acids is 1. The number of nitro benzene ring substituents is 1. The molecular formula is C17H13N3O5. The number of anilines is 1. The quantitative estimate of drug-likeness (QED) is 0.628. The van der Waals surface area contributed by atoms with E-state index in [1.54, 1.807) is 48.2 Å². The summed E-state index contributed by atoms with van der Waals surface area (Å²) >= 11 is 0. The Labute approximate surface area is 142 Å². The molecule has 2 aliphatic heterocycles. The van der Waals surface area contributed by atoms with E-state index in [9.17, 15) is 14.9 Å². The number of ketones is 1. The van der Waals surface area contributed by atoms with Gasteiger partial charge >= 0.3 is 5.91 Å². The second-order valence-electron chi connectivity index (χ2n) is 5.51. The second kappa shape index (κ2) is 5.38. The summed E-state index contributed by atoms with van der Waals surface area (Å²) in [5.74, 6) is -1.62. The van der Waals surface area contributed by atoms with Crippen molar-refractivity contribution in [1.82, 2.24) is 0 Å². The van der Waals surface area contributed by atoms with Gasteiger partial charge in [-0.2, -0.15) is 0 Å². The molecule has 4 rings (SSSR count). The highest BCUT2D eigenvalue weighted by Crippen LogP contribution is 2.44. The van der Waals surface area contributed by atoms with Crippen molar-refractivity contribution in [2.24, 2.45) is 5.16 Å². The molecule has 0 fully saturated rings. The third kappa shape index (κ3) is 2.04. The molecule has 0 N–H and O–H groups in total. The van der Waals surface area contributed by atoms with Crippen LogP contribution in [0.1, 0.15) is 22.8 Å². The summed E-state index contributed by atoms with van der Waals surface area (Å²) in [4.78, 5) is 30.3. The number of amidine groups is 1. The molecule has 0 aromatic heterocycles. The van der Waals surface area contributed by atoms with Gasteiger partial charge in [0.2, 0.25) is 0 Å². The van der Waals surface area contributed by atoms with Crippen LogP contribution in [-0.2, 0) is 9.57 Å². The van der Waals surface area contributed by atoms with Crippen LogP contribution in [-0.4, -0.2) is 29.1 Å². The van der Waals surface area contributed by atoms with Gasteiger partial charge in [-0.25, -0.2) is 0 Å². The predicted octanol–water partition coefficient (Wildman–Crippen LogP) is 2.68. The maximum atomic E-state index is 12.9. The monoisotopic (exact) mass is 339 g/mol. The lowest BCUT2D eigenvalue weighted by Gasteiger charge is -2.28. The van der Waals surface area contributed by atoms with Crippen LogP contribution < -0.4 is 4.90 Å². The number of rotatable bonds is 4. The van der Waals surface area contributed by atoms with E-state index in [1.807, 2.05) is 0 Å². The number of ether oxygens (including phenoxy) is 1. The van der Waals surface area contributed by atoms with Gasteiger partial charge in [-0.15, -0.1) is 0 Å². The van der Waals surface area contributed by atoms with Gasteiger partial charge in [-0.1, -0.05) is 17.3 Å². The standard InChI is InChI=1S/C17H13N3O5/c1-2-24-17-15(21)13-5-3-4-6-14(13)19(17)16(18-25-17)11-7-9-12(10-8-11)20(22)23/h3-10H,2H2,1H3. The van der Waals surface area contributed by atoms with Crippen LogP contribution in [0.15, 0.2) is 53.7 Å². The van der Waals surface area contributed by atoms with E-state index in [2.05, 4.69) is 5.16 Å². The first-order valence-electron chi connectivity index (χ1n) is 7.67. The zero-order chi connectivity index (χ0) is 17.6. The van der Waals surface area contributed by atoms with E-state index in [-0.39, 0.29) is 18.1 Å². The molecule has 25 heavy (non-hydrogen) atoms. The summed E-state index contributed by atoms with van der Waals surface area (Å²) in [6.07, 6.45) is 0. The lowest BCUT2D eigenvalue weighted by molar-refractivity contribution is -0.384. The highest BCUT2D eigenvalue weighted by Gasteiger charge is 2.61. The van der Waals surface area contributed by atoms with Crippen LogP contribution in [0.3, 0.4) is 0 Å². The highest BCUT2D eigenvalue weighted by atomic mass is 16.8. The van der Waals surface area contributed by atoms with E-state index in [4.69, 9.17) is 9.57 Å². The lowest BCUT2D eigenvalue weighted by atomic mass is 10.1. The number of non-ortho nitro benzene ring substituents is 1. The minimum Gasteiger partial charge on any atom is -0.327 e. The molecule has 2 aromatic carbocycles. The number of Topliss-reactive ketones (excluding diaryl/α,β-unsaturated/α-hetero) is 1. The number of nitro groups is 1. The van der Waals surface area contributed by atoms with Crippen molar-refractivity contribution in [1.29, 1.82) is 0 Å². The van der Waals surface area contributed by atoms with Crippen molar-refractivity contribution in [3.63, 3.8) is 0 Å². The maximum Gasteiger partial charge on any atom is 0.390 e. The normalized spacial score (nSPS) is 20.8. The Bertz CT molecular complexity index is 909. The molecule has 0 spiro atoms. The number of carbonyl (C=O) groups is 1. The summed E-state index contributed by atoms with van der Waals surface area (Å²) in [7, 11) is 0. The van der Waals surface area contributed by atoms with Gasteiger partial charge in [0.05, 0.1) is 22.8 Å².